The Balaban J connectivity index is 1.59. The van der Waals surface area contributed by atoms with E-state index in [0.717, 1.165) is 25.7 Å². The Labute approximate surface area is 135 Å². The molecule has 1 amide bonds. The molecule has 1 N–H and O–H groups in total. The average Bonchev–Trinajstić information content (AvgIpc) is 2.85. The summed E-state index contributed by atoms with van der Waals surface area (Å²) in [5.74, 6) is -0.290. The van der Waals surface area contributed by atoms with Crippen molar-refractivity contribution >= 4 is 25.8 Å². The van der Waals surface area contributed by atoms with Gasteiger partial charge in [-0.3, -0.25) is 4.79 Å². The van der Waals surface area contributed by atoms with E-state index < -0.39 is 31.2 Å². The lowest BCUT2D eigenvalue weighted by Gasteiger charge is -2.13. The fraction of sp³-hybridized carbons (Fsp3) is 0.533. The zero-order valence-corrected chi connectivity index (χ0v) is 14.0. The Kier molecular flexibility index (Phi) is 3.01. The quantitative estimate of drug-likeness (QED) is 0.876. The average molecular weight is 355 g/mol. The van der Waals surface area contributed by atoms with Crippen LogP contribution >= 0.6 is 0 Å². The van der Waals surface area contributed by atoms with Crippen LogP contribution in [0.5, 0.6) is 0 Å². The molecule has 2 saturated carbocycles. The molecule has 2 aliphatic carbocycles. The van der Waals surface area contributed by atoms with E-state index in [2.05, 4.69) is 4.72 Å². The third kappa shape index (κ3) is 2.39. The summed E-state index contributed by atoms with van der Waals surface area (Å²) in [5, 5.41) is 0. The number of rotatable bonds is 3. The fourth-order valence-corrected chi connectivity index (χ4v) is 6.68. The van der Waals surface area contributed by atoms with Gasteiger partial charge in [-0.25, -0.2) is 21.6 Å². The van der Waals surface area contributed by atoms with Gasteiger partial charge in [-0.05, 0) is 48.4 Å². The number of sulfonamides is 1. The van der Waals surface area contributed by atoms with Crippen molar-refractivity contribution in [3.63, 3.8) is 0 Å². The normalized spacial score (nSPS) is 30.5. The fourth-order valence-electron chi connectivity index (χ4n) is 3.97. The Bertz CT molecular complexity index is 919. The molecule has 2 fully saturated rings. The second-order valence-electron chi connectivity index (χ2n) is 6.85. The van der Waals surface area contributed by atoms with Crippen molar-refractivity contribution in [2.45, 2.75) is 42.1 Å². The Hall–Kier alpha value is -1.41. The Morgan fingerprint density at radius 1 is 1.22 bits per heavy atom. The van der Waals surface area contributed by atoms with Crippen molar-refractivity contribution in [1.82, 2.24) is 4.72 Å². The van der Waals surface area contributed by atoms with E-state index in [0.29, 0.717) is 17.0 Å². The molecular formula is C15H17NO5S2. The number of carbonyl (C=O) groups excluding carboxylic acids is 1. The molecule has 3 aliphatic rings. The van der Waals surface area contributed by atoms with E-state index >= 15 is 0 Å². The predicted molar refractivity (Wildman–Crippen MR) is 82.5 cm³/mol. The smallest absolute Gasteiger partial charge is 0.264 e. The van der Waals surface area contributed by atoms with Crippen LogP contribution in [0.15, 0.2) is 23.1 Å². The van der Waals surface area contributed by atoms with Crippen molar-refractivity contribution in [2.75, 3.05) is 0 Å². The monoisotopic (exact) mass is 355 g/mol. The number of nitrogens with one attached hydrogen (secondary N) is 1. The molecule has 0 saturated heterocycles. The van der Waals surface area contributed by atoms with Gasteiger partial charge in [0, 0.05) is 0 Å². The summed E-state index contributed by atoms with van der Waals surface area (Å²) in [4.78, 5) is 12.3. The van der Waals surface area contributed by atoms with Crippen LogP contribution in [0.1, 0.15) is 36.8 Å². The van der Waals surface area contributed by atoms with Gasteiger partial charge in [-0.2, -0.15) is 0 Å². The van der Waals surface area contributed by atoms with E-state index in [-0.39, 0.29) is 16.4 Å². The van der Waals surface area contributed by atoms with E-state index in [1.165, 1.54) is 18.2 Å². The van der Waals surface area contributed by atoms with Gasteiger partial charge in [0.1, 0.15) is 0 Å². The third-order valence-corrected chi connectivity index (χ3v) is 8.16. The number of fused-ring (bicyclic) bond motifs is 2. The highest BCUT2D eigenvalue weighted by Gasteiger charge is 2.62. The van der Waals surface area contributed by atoms with E-state index in [4.69, 9.17) is 0 Å². The zero-order valence-electron chi connectivity index (χ0n) is 12.4. The van der Waals surface area contributed by atoms with E-state index in [1.807, 2.05) is 0 Å². The molecule has 8 heteroatoms. The molecule has 1 aromatic rings. The highest BCUT2D eigenvalue weighted by atomic mass is 32.2. The number of carbonyl (C=O) groups is 1. The van der Waals surface area contributed by atoms with Gasteiger partial charge in [0.2, 0.25) is 5.91 Å². The number of sulfone groups is 1. The summed E-state index contributed by atoms with van der Waals surface area (Å²) in [7, 11) is -7.15. The SMILES string of the molecule is O=C(NS(=O)(=O)c1ccc2c(c1)CS(=O)(=O)C2)[C@@]12CCC[C@@H]1C2. The molecule has 4 rings (SSSR count). The standard InChI is InChI=1S/C15H17NO5S2/c17-14(15-5-1-2-12(15)7-15)16-23(20,21)13-4-3-10-8-22(18,19)9-11(10)6-13/h3-4,6,12H,1-2,5,7-9H2,(H,16,17)/t12-,15-/m1/s1. The van der Waals surface area contributed by atoms with Gasteiger partial charge in [0.25, 0.3) is 10.0 Å². The summed E-state index contributed by atoms with van der Waals surface area (Å²) in [6.07, 6.45) is 3.48. The van der Waals surface area contributed by atoms with Crippen LogP contribution in [0.25, 0.3) is 0 Å². The molecule has 0 aromatic heterocycles. The van der Waals surface area contributed by atoms with Crippen molar-refractivity contribution < 1.29 is 21.6 Å². The molecule has 0 unspecified atom stereocenters. The molecule has 1 heterocycles. The molecule has 1 aliphatic heterocycles. The minimum absolute atomic E-state index is 0.0479. The molecule has 0 spiro atoms. The topological polar surface area (TPSA) is 97.4 Å². The lowest BCUT2D eigenvalue weighted by molar-refractivity contribution is -0.124. The van der Waals surface area contributed by atoms with Crippen molar-refractivity contribution in [2.24, 2.45) is 11.3 Å². The van der Waals surface area contributed by atoms with Crippen LogP contribution in [-0.2, 0) is 36.2 Å². The van der Waals surface area contributed by atoms with Gasteiger partial charge in [-0.15, -0.1) is 0 Å². The number of amides is 1. The first kappa shape index (κ1) is 15.1. The number of hydrogen-bond acceptors (Lipinski definition) is 5. The van der Waals surface area contributed by atoms with Crippen LogP contribution in [0.2, 0.25) is 0 Å². The molecule has 1 aromatic carbocycles. The zero-order chi connectivity index (χ0) is 16.5. The van der Waals surface area contributed by atoms with Crippen molar-refractivity contribution in [1.29, 1.82) is 0 Å². The van der Waals surface area contributed by atoms with E-state index in [1.54, 1.807) is 0 Å². The van der Waals surface area contributed by atoms with Gasteiger partial charge in [0.15, 0.2) is 9.84 Å². The molecule has 2 atom stereocenters. The Morgan fingerprint density at radius 2 is 1.96 bits per heavy atom. The van der Waals surface area contributed by atoms with Crippen LogP contribution in [0, 0.1) is 11.3 Å². The first-order chi connectivity index (χ1) is 10.7. The van der Waals surface area contributed by atoms with Crippen LogP contribution in [-0.4, -0.2) is 22.7 Å². The maximum absolute atomic E-state index is 12.4. The maximum atomic E-state index is 12.4. The molecular weight excluding hydrogens is 338 g/mol. The predicted octanol–water partition coefficient (Wildman–Crippen LogP) is 1.11. The van der Waals surface area contributed by atoms with Gasteiger partial charge >= 0.3 is 0 Å². The second kappa shape index (κ2) is 4.57. The minimum Gasteiger partial charge on any atom is -0.273 e. The molecule has 23 heavy (non-hydrogen) atoms. The highest BCUT2D eigenvalue weighted by molar-refractivity contribution is 7.90. The van der Waals surface area contributed by atoms with Crippen LogP contribution in [0.3, 0.4) is 0 Å². The van der Waals surface area contributed by atoms with Crippen LogP contribution < -0.4 is 4.72 Å². The van der Waals surface area contributed by atoms with Crippen molar-refractivity contribution in [3.8, 4) is 0 Å². The van der Waals surface area contributed by atoms with Gasteiger partial charge in [0.05, 0.1) is 21.8 Å². The molecule has 0 radical (unpaired) electrons. The molecule has 0 bridgehead atoms. The molecule has 6 nitrogen and oxygen atoms in total. The number of benzene rings is 1. The van der Waals surface area contributed by atoms with Crippen LogP contribution in [0.4, 0.5) is 0 Å². The van der Waals surface area contributed by atoms with Gasteiger partial charge in [-0.1, -0.05) is 12.5 Å². The van der Waals surface area contributed by atoms with Gasteiger partial charge < -0.3 is 0 Å². The Morgan fingerprint density at radius 3 is 2.61 bits per heavy atom. The number of hydrogen-bond donors (Lipinski definition) is 1. The summed E-state index contributed by atoms with van der Waals surface area (Å²) in [6.45, 7) is 0. The summed E-state index contributed by atoms with van der Waals surface area (Å²) in [5.41, 5.74) is 0.656. The minimum atomic E-state index is -3.96. The first-order valence-electron chi connectivity index (χ1n) is 7.61. The lowest BCUT2D eigenvalue weighted by atomic mass is 10.0. The van der Waals surface area contributed by atoms with E-state index in [9.17, 15) is 21.6 Å². The first-order valence-corrected chi connectivity index (χ1v) is 10.9. The third-order valence-electron chi connectivity index (χ3n) is 5.33. The summed E-state index contributed by atoms with van der Waals surface area (Å²) in [6, 6.07) is 4.25. The highest BCUT2D eigenvalue weighted by Crippen LogP contribution is 2.63. The summed E-state index contributed by atoms with van der Waals surface area (Å²) >= 11 is 0. The van der Waals surface area contributed by atoms with Crippen molar-refractivity contribution in [3.05, 3.63) is 29.3 Å². The second-order valence-corrected chi connectivity index (χ2v) is 10.6. The summed E-state index contributed by atoms with van der Waals surface area (Å²) < 4.78 is 50.3. The maximum Gasteiger partial charge on any atom is 0.264 e. The lowest BCUT2D eigenvalue weighted by Crippen LogP contribution is -2.36. The molecule has 124 valence electrons. The largest absolute Gasteiger partial charge is 0.273 e.